The van der Waals surface area contributed by atoms with E-state index < -0.39 is 11.7 Å². The van der Waals surface area contributed by atoms with E-state index in [1.807, 2.05) is 0 Å². The van der Waals surface area contributed by atoms with Gasteiger partial charge in [0, 0.05) is 6.54 Å². The minimum absolute atomic E-state index is 0.248. The van der Waals surface area contributed by atoms with Crippen molar-refractivity contribution in [1.82, 2.24) is 15.1 Å². The van der Waals surface area contributed by atoms with E-state index >= 15 is 0 Å². The van der Waals surface area contributed by atoms with Gasteiger partial charge in [0.05, 0.1) is 28.7 Å². The van der Waals surface area contributed by atoms with Crippen LogP contribution in [0.25, 0.3) is 5.69 Å². The number of nitrogens with two attached hydrogens (primary N) is 1. The summed E-state index contributed by atoms with van der Waals surface area (Å²) in [5, 5.41) is 6.71. The number of hydrogen-bond donors (Lipinski definition) is 2. The second-order valence-corrected chi connectivity index (χ2v) is 5.00. The number of nitrogens with zero attached hydrogens (tertiary/aromatic N) is 2. The van der Waals surface area contributed by atoms with Crippen LogP contribution in [0.3, 0.4) is 0 Å². The largest absolute Gasteiger partial charge is 0.416 e. The third-order valence-corrected chi connectivity index (χ3v) is 3.34. The van der Waals surface area contributed by atoms with Crippen molar-refractivity contribution in [3.8, 4) is 5.69 Å². The number of alkyl halides is 3. The summed E-state index contributed by atoms with van der Waals surface area (Å²) < 4.78 is 39.7. The molecule has 2 rings (SSSR count). The zero-order valence-electron chi connectivity index (χ0n) is 12.5. The number of hydrogen-bond acceptors (Lipinski definition) is 3. The molecule has 0 aliphatic heterocycles. The lowest BCUT2D eigenvalue weighted by Gasteiger charge is -2.10. The Hall–Kier alpha value is -2.35. The highest BCUT2D eigenvalue weighted by atomic mass is 19.4. The average molecular weight is 326 g/mol. The van der Waals surface area contributed by atoms with Gasteiger partial charge in [0.15, 0.2) is 0 Å². The summed E-state index contributed by atoms with van der Waals surface area (Å²) in [7, 11) is 0. The molecule has 0 atom stereocenters. The van der Waals surface area contributed by atoms with Crippen LogP contribution in [0.4, 0.5) is 13.2 Å². The molecular weight excluding hydrogens is 309 g/mol. The van der Waals surface area contributed by atoms with E-state index in [2.05, 4.69) is 10.4 Å². The normalized spacial score (nSPS) is 11.5. The summed E-state index contributed by atoms with van der Waals surface area (Å²) >= 11 is 0. The monoisotopic (exact) mass is 326 g/mol. The Morgan fingerprint density at radius 2 is 2.13 bits per heavy atom. The molecule has 1 heterocycles. The maximum Gasteiger partial charge on any atom is 0.416 e. The Balaban J connectivity index is 2.27. The molecule has 23 heavy (non-hydrogen) atoms. The van der Waals surface area contributed by atoms with Crippen molar-refractivity contribution in [2.24, 2.45) is 5.73 Å². The van der Waals surface area contributed by atoms with E-state index in [0.717, 1.165) is 12.1 Å². The van der Waals surface area contributed by atoms with Gasteiger partial charge in [-0.2, -0.15) is 18.3 Å². The molecule has 1 aromatic heterocycles. The summed E-state index contributed by atoms with van der Waals surface area (Å²) in [5.41, 5.74) is 5.62. The maximum atomic E-state index is 12.8. The van der Waals surface area contributed by atoms with E-state index in [9.17, 15) is 18.0 Å². The Morgan fingerprint density at radius 1 is 1.39 bits per heavy atom. The summed E-state index contributed by atoms with van der Waals surface area (Å²) in [6.45, 7) is 2.53. The van der Waals surface area contributed by atoms with Crippen LogP contribution in [-0.2, 0) is 6.18 Å². The van der Waals surface area contributed by atoms with Crippen molar-refractivity contribution in [3.63, 3.8) is 0 Å². The summed E-state index contributed by atoms with van der Waals surface area (Å²) in [6.07, 6.45) is -2.45. The van der Waals surface area contributed by atoms with E-state index in [-0.39, 0.29) is 11.6 Å². The molecule has 3 N–H and O–H groups in total. The Bertz CT molecular complexity index is 694. The fraction of sp³-hybridized carbons (Fsp3) is 0.333. The minimum atomic E-state index is -4.43. The fourth-order valence-corrected chi connectivity index (χ4v) is 2.11. The van der Waals surface area contributed by atoms with E-state index in [1.165, 1.54) is 23.0 Å². The van der Waals surface area contributed by atoms with Crippen LogP contribution in [-0.4, -0.2) is 28.8 Å². The first-order chi connectivity index (χ1) is 10.8. The van der Waals surface area contributed by atoms with Crippen LogP contribution in [0.15, 0.2) is 30.5 Å². The molecule has 0 radical (unpaired) electrons. The average Bonchev–Trinajstić information content (AvgIpc) is 2.88. The first-order valence-electron chi connectivity index (χ1n) is 7.05. The zero-order chi connectivity index (χ0) is 17.0. The van der Waals surface area contributed by atoms with Gasteiger partial charge in [0.25, 0.3) is 5.91 Å². The predicted octanol–water partition coefficient (Wildman–Crippen LogP) is 2.28. The molecule has 0 saturated heterocycles. The zero-order valence-corrected chi connectivity index (χ0v) is 12.5. The molecule has 0 fully saturated rings. The second-order valence-electron chi connectivity index (χ2n) is 5.00. The number of carbonyl (C=O) groups excluding carboxylic acids is 1. The molecule has 5 nitrogen and oxygen atoms in total. The van der Waals surface area contributed by atoms with Gasteiger partial charge >= 0.3 is 6.18 Å². The van der Waals surface area contributed by atoms with Crippen molar-refractivity contribution >= 4 is 5.91 Å². The fourth-order valence-electron chi connectivity index (χ4n) is 2.11. The molecule has 0 aliphatic rings. The Kier molecular flexibility index (Phi) is 5.05. The molecule has 8 heteroatoms. The highest BCUT2D eigenvalue weighted by Crippen LogP contribution is 2.30. The SMILES string of the molecule is Cc1c(C(=O)NCCCN)cnn1-c1cccc(C(F)(F)F)c1. The molecule has 0 spiro atoms. The summed E-state index contributed by atoms with van der Waals surface area (Å²) in [6, 6.07) is 4.80. The van der Waals surface area contributed by atoms with Crippen LogP contribution >= 0.6 is 0 Å². The van der Waals surface area contributed by atoms with Crippen LogP contribution in [0.2, 0.25) is 0 Å². The van der Waals surface area contributed by atoms with Crippen molar-refractivity contribution in [3.05, 3.63) is 47.3 Å². The van der Waals surface area contributed by atoms with Gasteiger partial charge in [-0.1, -0.05) is 6.07 Å². The highest BCUT2D eigenvalue weighted by molar-refractivity contribution is 5.95. The van der Waals surface area contributed by atoms with Gasteiger partial charge in [-0.3, -0.25) is 4.79 Å². The standard InChI is InChI=1S/C15H17F3N4O/c1-10-13(14(23)20-7-3-6-19)9-21-22(10)12-5-2-4-11(8-12)15(16,17)18/h2,4-5,8-9H,3,6-7,19H2,1H3,(H,20,23). The van der Waals surface area contributed by atoms with E-state index in [4.69, 9.17) is 5.73 Å². The summed E-state index contributed by atoms with van der Waals surface area (Å²) in [4.78, 5) is 12.0. The molecule has 2 aromatic rings. The lowest BCUT2D eigenvalue weighted by atomic mass is 10.2. The molecule has 0 saturated carbocycles. The smallest absolute Gasteiger partial charge is 0.352 e. The number of nitrogens with one attached hydrogen (secondary N) is 1. The lowest BCUT2D eigenvalue weighted by molar-refractivity contribution is -0.137. The van der Waals surface area contributed by atoms with Crippen LogP contribution in [0.1, 0.15) is 28.0 Å². The van der Waals surface area contributed by atoms with Gasteiger partial charge in [-0.05, 0) is 38.1 Å². The number of amides is 1. The quantitative estimate of drug-likeness (QED) is 0.828. The van der Waals surface area contributed by atoms with Gasteiger partial charge in [-0.15, -0.1) is 0 Å². The number of aromatic nitrogens is 2. The molecule has 1 amide bonds. The molecule has 0 unspecified atom stereocenters. The van der Waals surface area contributed by atoms with Crippen molar-refractivity contribution < 1.29 is 18.0 Å². The van der Waals surface area contributed by atoms with Crippen LogP contribution in [0, 0.1) is 6.92 Å². The van der Waals surface area contributed by atoms with Gasteiger partial charge < -0.3 is 11.1 Å². The van der Waals surface area contributed by atoms with E-state index in [0.29, 0.717) is 30.8 Å². The third-order valence-electron chi connectivity index (χ3n) is 3.34. The molecular formula is C15H17F3N4O. The van der Waals surface area contributed by atoms with Crippen molar-refractivity contribution in [2.45, 2.75) is 19.5 Å². The maximum absolute atomic E-state index is 12.8. The number of benzene rings is 1. The summed E-state index contributed by atoms with van der Waals surface area (Å²) in [5.74, 6) is -0.325. The van der Waals surface area contributed by atoms with Crippen LogP contribution < -0.4 is 11.1 Å². The predicted molar refractivity (Wildman–Crippen MR) is 79.3 cm³/mol. The first-order valence-corrected chi connectivity index (χ1v) is 7.05. The van der Waals surface area contributed by atoms with Crippen molar-refractivity contribution in [1.29, 1.82) is 0 Å². The molecule has 1 aromatic carbocycles. The first kappa shape index (κ1) is 17.0. The number of rotatable bonds is 5. The Morgan fingerprint density at radius 3 is 2.78 bits per heavy atom. The van der Waals surface area contributed by atoms with Gasteiger partial charge in [-0.25, -0.2) is 4.68 Å². The van der Waals surface area contributed by atoms with Crippen LogP contribution in [0.5, 0.6) is 0 Å². The number of halogens is 3. The Labute approximate surface area is 131 Å². The second kappa shape index (κ2) is 6.82. The molecule has 0 aliphatic carbocycles. The number of carbonyl (C=O) groups is 1. The third kappa shape index (κ3) is 3.89. The highest BCUT2D eigenvalue weighted by Gasteiger charge is 2.30. The lowest BCUT2D eigenvalue weighted by Crippen LogP contribution is -2.26. The van der Waals surface area contributed by atoms with Gasteiger partial charge in [0.1, 0.15) is 0 Å². The van der Waals surface area contributed by atoms with Gasteiger partial charge in [0.2, 0.25) is 0 Å². The molecule has 0 bridgehead atoms. The molecule has 124 valence electrons. The topological polar surface area (TPSA) is 72.9 Å². The minimum Gasteiger partial charge on any atom is -0.352 e. The van der Waals surface area contributed by atoms with Crippen molar-refractivity contribution in [2.75, 3.05) is 13.1 Å². The van der Waals surface area contributed by atoms with E-state index in [1.54, 1.807) is 6.92 Å².